The summed E-state index contributed by atoms with van der Waals surface area (Å²) in [5.74, 6) is -0.262. The number of hydrogen-bond donors (Lipinski definition) is 0. The number of allylic oxidation sites excluding steroid dienone is 4. The number of ketones is 1. The maximum absolute atomic E-state index is 13.4. The lowest BCUT2D eigenvalue weighted by atomic mass is 9.88. The van der Waals surface area contributed by atoms with Gasteiger partial charge in [0.05, 0.1) is 17.9 Å². The van der Waals surface area contributed by atoms with Crippen LogP contribution in [-0.2, 0) is 23.8 Å². The molecular formula is C31H28O7S. The van der Waals surface area contributed by atoms with E-state index in [0.29, 0.717) is 18.1 Å². The largest absolute Gasteiger partial charge is 0.482 e. The molecule has 8 heteroatoms. The molecule has 200 valence electrons. The topological polar surface area (TPSA) is 88.1 Å². The highest BCUT2D eigenvalue weighted by atomic mass is 32.2. The summed E-state index contributed by atoms with van der Waals surface area (Å²) >= 11 is 0. The number of ether oxygens (including phenoxy) is 4. The summed E-state index contributed by atoms with van der Waals surface area (Å²) in [6.45, 7) is 4.01. The molecule has 7 atom stereocenters. The fourth-order valence-electron chi connectivity index (χ4n) is 6.15. The van der Waals surface area contributed by atoms with Gasteiger partial charge < -0.3 is 18.9 Å². The summed E-state index contributed by atoms with van der Waals surface area (Å²) in [7, 11) is -0.416. The Bertz CT molecular complexity index is 1480. The van der Waals surface area contributed by atoms with Crippen LogP contribution >= 0.6 is 10.5 Å². The second kappa shape index (κ2) is 9.31. The average Bonchev–Trinajstić information content (AvgIpc) is 3.58. The normalized spacial score (nSPS) is 31.4. The van der Waals surface area contributed by atoms with Crippen molar-refractivity contribution in [3.63, 3.8) is 0 Å². The van der Waals surface area contributed by atoms with E-state index in [-0.39, 0.29) is 42.4 Å². The molecule has 0 radical (unpaired) electrons. The molecule has 7 nitrogen and oxygen atoms in total. The van der Waals surface area contributed by atoms with E-state index >= 15 is 0 Å². The number of benzene rings is 2. The van der Waals surface area contributed by atoms with Gasteiger partial charge in [0.15, 0.2) is 24.6 Å². The first kappa shape index (κ1) is 24.5. The minimum Gasteiger partial charge on any atom is -0.482 e. The highest BCUT2D eigenvalue weighted by molar-refractivity contribution is 8.16. The van der Waals surface area contributed by atoms with E-state index in [1.165, 1.54) is 0 Å². The van der Waals surface area contributed by atoms with Crippen molar-refractivity contribution in [1.29, 1.82) is 0 Å². The molecule has 0 aromatic heterocycles. The number of Topliss-reactive ketones (excluding diaryl/α,β-unsaturated/α-hetero) is 1. The molecule has 7 rings (SSSR count). The molecule has 7 unspecified atom stereocenters. The molecule has 5 aliphatic rings. The third-order valence-corrected chi connectivity index (χ3v) is 10.5. The second-order valence-corrected chi connectivity index (χ2v) is 12.8. The van der Waals surface area contributed by atoms with Crippen LogP contribution in [0.1, 0.15) is 42.1 Å². The van der Waals surface area contributed by atoms with Crippen LogP contribution in [0.5, 0.6) is 5.75 Å². The standard InChI is InChI=1S/C31H28O7S/c1-16(2)17-7-12-25-21(13-17)27(33)20-5-3-4-6-24(20)39(25)19-10-8-18(9-11-19)35-15-26(32)37-29-23-14-22-28(36-23)30(29)38-31(22)34/h3-13,16,20,22-23,28-30H,14-15H2,1-2H3. The zero-order valence-electron chi connectivity index (χ0n) is 21.6. The summed E-state index contributed by atoms with van der Waals surface area (Å²) in [6, 6.07) is 14.0. The molecule has 2 bridgehead atoms. The first-order valence-corrected chi connectivity index (χ1v) is 14.5. The van der Waals surface area contributed by atoms with Crippen LogP contribution in [0.2, 0.25) is 0 Å². The maximum atomic E-state index is 13.4. The van der Waals surface area contributed by atoms with Crippen molar-refractivity contribution >= 4 is 33.1 Å². The third kappa shape index (κ3) is 4.00. The van der Waals surface area contributed by atoms with E-state index in [1.54, 1.807) is 0 Å². The number of carbonyl (C=O) groups is 3. The van der Waals surface area contributed by atoms with E-state index in [4.69, 9.17) is 18.9 Å². The van der Waals surface area contributed by atoms with Crippen molar-refractivity contribution in [2.45, 2.75) is 60.4 Å². The molecule has 2 aromatic carbocycles. The smallest absolute Gasteiger partial charge is 0.344 e. The third-order valence-electron chi connectivity index (χ3n) is 8.12. The predicted octanol–water partition coefficient (Wildman–Crippen LogP) is 4.61. The van der Waals surface area contributed by atoms with E-state index in [2.05, 4.69) is 38.1 Å². The monoisotopic (exact) mass is 544 g/mol. The Morgan fingerprint density at radius 3 is 2.69 bits per heavy atom. The van der Waals surface area contributed by atoms with Crippen LogP contribution in [-0.4, -0.2) is 53.6 Å². The second-order valence-electron chi connectivity index (χ2n) is 10.8. The Morgan fingerprint density at radius 1 is 1.08 bits per heavy atom. The Morgan fingerprint density at radius 2 is 1.90 bits per heavy atom. The van der Waals surface area contributed by atoms with Crippen LogP contribution in [0.15, 0.2) is 76.6 Å². The molecule has 3 saturated heterocycles. The first-order chi connectivity index (χ1) is 18.9. The fraction of sp³-hybridized carbons (Fsp3) is 0.355. The number of fused-ring (bicyclic) bond motifs is 3. The lowest BCUT2D eigenvalue weighted by molar-refractivity contribution is -0.162. The molecule has 2 aromatic rings. The molecule has 39 heavy (non-hydrogen) atoms. The van der Waals surface area contributed by atoms with Gasteiger partial charge >= 0.3 is 11.9 Å². The van der Waals surface area contributed by atoms with E-state index in [1.807, 2.05) is 42.5 Å². The summed E-state index contributed by atoms with van der Waals surface area (Å²) < 4.78 is 22.4. The fourth-order valence-corrected chi connectivity index (χ4v) is 8.58. The Kier molecular flexibility index (Phi) is 5.86. The summed E-state index contributed by atoms with van der Waals surface area (Å²) in [4.78, 5) is 41.1. The van der Waals surface area contributed by atoms with E-state index in [0.717, 1.165) is 25.8 Å². The molecule has 4 aliphatic heterocycles. The van der Waals surface area contributed by atoms with Gasteiger partial charge in [-0.15, -0.1) is 10.5 Å². The quantitative estimate of drug-likeness (QED) is 0.388. The van der Waals surface area contributed by atoms with Crippen molar-refractivity contribution < 1.29 is 33.3 Å². The van der Waals surface area contributed by atoms with E-state index in [9.17, 15) is 14.4 Å². The zero-order chi connectivity index (χ0) is 26.8. The van der Waals surface area contributed by atoms with Crippen molar-refractivity contribution in [3.05, 3.63) is 77.9 Å². The van der Waals surface area contributed by atoms with Gasteiger partial charge in [0.25, 0.3) is 0 Å². The number of esters is 2. The molecule has 0 amide bonds. The highest BCUT2D eigenvalue weighted by Crippen LogP contribution is 2.48. The Hall–Kier alpha value is -3.49. The Labute approximate surface area is 228 Å². The van der Waals surface area contributed by atoms with Gasteiger partial charge in [-0.1, -0.05) is 44.2 Å². The lowest BCUT2D eigenvalue weighted by Gasteiger charge is -2.29. The first-order valence-electron chi connectivity index (χ1n) is 13.3. The summed E-state index contributed by atoms with van der Waals surface area (Å²) in [5.41, 5.74) is 1.95. The predicted molar refractivity (Wildman–Crippen MR) is 144 cm³/mol. The number of hydrogen-bond acceptors (Lipinski definition) is 7. The van der Waals surface area contributed by atoms with Crippen LogP contribution < -0.4 is 4.74 Å². The molecule has 1 aliphatic carbocycles. The van der Waals surface area contributed by atoms with Crippen LogP contribution in [0.25, 0.3) is 0 Å². The van der Waals surface area contributed by atoms with Gasteiger partial charge in [-0.25, -0.2) is 4.79 Å². The van der Waals surface area contributed by atoms with Gasteiger partial charge in [-0.3, -0.25) is 9.59 Å². The van der Waals surface area contributed by atoms with Crippen molar-refractivity contribution in [1.82, 2.24) is 0 Å². The van der Waals surface area contributed by atoms with Crippen molar-refractivity contribution in [2.24, 2.45) is 11.8 Å². The average molecular weight is 545 g/mol. The van der Waals surface area contributed by atoms with Gasteiger partial charge in [0.2, 0.25) is 0 Å². The van der Waals surface area contributed by atoms with Gasteiger partial charge in [0, 0.05) is 15.4 Å². The van der Waals surface area contributed by atoms with Gasteiger partial charge in [0.1, 0.15) is 11.9 Å². The minimum atomic E-state index is -0.578. The molecular weight excluding hydrogens is 516 g/mol. The van der Waals surface area contributed by atoms with Gasteiger partial charge in [-0.2, -0.15) is 0 Å². The molecule has 0 saturated carbocycles. The van der Waals surface area contributed by atoms with Gasteiger partial charge in [-0.05, 0) is 59.2 Å². The minimum absolute atomic E-state index is 0.147. The molecule has 4 heterocycles. The van der Waals surface area contributed by atoms with Crippen LogP contribution in [0.4, 0.5) is 0 Å². The maximum Gasteiger partial charge on any atom is 0.344 e. The lowest BCUT2D eigenvalue weighted by Crippen LogP contribution is -2.40. The molecule has 0 N–H and O–H groups in total. The number of carbonyl (C=O) groups excluding carboxylic acids is 3. The number of rotatable bonds is 6. The zero-order valence-corrected chi connectivity index (χ0v) is 22.4. The molecule has 0 spiro atoms. The van der Waals surface area contributed by atoms with Crippen LogP contribution in [0.3, 0.4) is 0 Å². The SMILES string of the molecule is CC(C)c1ccc2c(c1)C(=O)C1C=CC=CC1=S2c1ccc(OCC(=O)OC2C3CC4C(=O)OC2C4O3)cc1. The van der Waals surface area contributed by atoms with Crippen molar-refractivity contribution in [2.75, 3.05) is 6.61 Å². The highest BCUT2D eigenvalue weighted by Gasteiger charge is 2.65. The summed E-state index contributed by atoms with van der Waals surface area (Å²) in [5, 5.41) is 0. The summed E-state index contributed by atoms with van der Waals surface area (Å²) in [6.07, 6.45) is 6.81. The Balaban J connectivity index is 1.08. The van der Waals surface area contributed by atoms with Crippen LogP contribution in [0, 0.1) is 11.8 Å². The van der Waals surface area contributed by atoms with E-state index < -0.39 is 28.7 Å². The van der Waals surface area contributed by atoms with Crippen molar-refractivity contribution in [3.8, 4) is 5.75 Å². The molecule has 3 fully saturated rings.